The fourth-order valence-corrected chi connectivity index (χ4v) is 2.07. The summed E-state index contributed by atoms with van der Waals surface area (Å²) in [5.74, 6) is -0.461. The molecule has 0 aliphatic carbocycles. The molecule has 3 heterocycles. The van der Waals surface area contributed by atoms with Gasteiger partial charge in [-0.25, -0.2) is 15.0 Å². The van der Waals surface area contributed by atoms with Crippen LogP contribution in [0.4, 0.5) is 21.5 Å². The summed E-state index contributed by atoms with van der Waals surface area (Å²) in [6, 6.07) is 8.78. The van der Waals surface area contributed by atoms with Gasteiger partial charge in [-0.1, -0.05) is 7.43 Å². The van der Waals surface area contributed by atoms with Gasteiger partial charge in [0.15, 0.2) is 0 Å². The fourth-order valence-electron chi connectivity index (χ4n) is 2.07. The normalized spacial score (nSPS) is 9.57. The van der Waals surface area contributed by atoms with Crippen molar-refractivity contribution in [2.24, 2.45) is 0 Å². The van der Waals surface area contributed by atoms with Crippen LogP contribution in [0.25, 0.3) is 0 Å². The minimum atomic E-state index is -1.05. The molecular formula is C22H29FN6O6. The highest BCUT2D eigenvalue weighted by atomic mass is 19.1. The van der Waals surface area contributed by atoms with Crippen LogP contribution in [-0.2, 0) is 0 Å². The minimum Gasteiger partial charge on any atom is -0.473 e. The van der Waals surface area contributed by atoms with Gasteiger partial charge in [-0.2, -0.15) is 4.39 Å². The Kier molecular flexibility index (Phi) is 13.5. The monoisotopic (exact) mass is 492 g/mol. The summed E-state index contributed by atoms with van der Waals surface area (Å²) in [4.78, 5) is 29.9. The molecule has 35 heavy (non-hydrogen) atoms. The second-order valence-electron chi connectivity index (χ2n) is 6.89. The SMILES string of the molecule is C.CC(C)Oc1ncccc1N.CC(C)Oc1ncccc1[N+](=O)[O-].O=[N+]([O-])c1cccnc1F. The molecule has 0 radical (unpaired) electrons. The molecule has 0 saturated carbocycles. The summed E-state index contributed by atoms with van der Waals surface area (Å²) < 4.78 is 22.8. The van der Waals surface area contributed by atoms with E-state index < -0.39 is 21.5 Å². The van der Waals surface area contributed by atoms with Crippen molar-refractivity contribution in [1.82, 2.24) is 15.0 Å². The van der Waals surface area contributed by atoms with Crippen molar-refractivity contribution < 1.29 is 23.7 Å². The molecule has 0 aliphatic rings. The van der Waals surface area contributed by atoms with Crippen LogP contribution < -0.4 is 15.2 Å². The molecule has 3 rings (SSSR count). The van der Waals surface area contributed by atoms with Crippen LogP contribution in [0.15, 0.2) is 55.0 Å². The maximum absolute atomic E-state index is 12.3. The number of nitrogens with two attached hydrogens (primary N) is 1. The molecule has 3 aromatic rings. The zero-order valence-electron chi connectivity index (χ0n) is 19.0. The highest BCUT2D eigenvalue weighted by Gasteiger charge is 2.16. The van der Waals surface area contributed by atoms with E-state index in [1.807, 2.05) is 13.8 Å². The molecule has 190 valence electrons. The van der Waals surface area contributed by atoms with E-state index in [-0.39, 0.29) is 31.2 Å². The molecule has 2 N–H and O–H groups in total. The third-order valence-electron chi connectivity index (χ3n) is 3.38. The van der Waals surface area contributed by atoms with Crippen LogP contribution in [0.3, 0.4) is 0 Å². The molecule has 0 fully saturated rings. The van der Waals surface area contributed by atoms with Gasteiger partial charge in [0, 0.05) is 30.7 Å². The first kappa shape index (κ1) is 30.6. The standard InChI is InChI=1S/C8H10N2O3.C8H12N2O.C5H3FN2O2.CH4/c1-6(2)13-8-7(10(11)12)4-3-5-9-8;1-6(2)11-8-7(9)4-3-5-10-8;6-5-4(8(9)10)2-1-3-7-5;/h3-6H,1-2H3;3-6H,9H2,1-2H3;1-3H;1H4. The Morgan fingerprint density at radius 1 is 0.800 bits per heavy atom. The van der Waals surface area contributed by atoms with Gasteiger partial charge in [0.1, 0.15) is 0 Å². The lowest BCUT2D eigenvalue weighted by atomic mass is 10.4. The highest BCUT2D eigenvalue weighted by molar-refractivity contribution is 5.46. The second-order valence-corrected chi connectivity index (χ2v) is 6.89. The van der Waals surface area contributed by atoms with Crippen LogP contribution in [0, 0.1) is 26.2 Å². The average Bonchev–Trinajstić information content (AvgIpc) is 2.76. The number of halogens is 1. The average molecular weight is 493 g/mol. The van der Waals surface area contributed by atoms with E-state index in [2.05, 4.69) is 15.0 Å². The van der Waals surface area contributed by atoms with Gasteiger partial charge in [-0.05, 0) is 52.0 Å². The quantitative estimate of drug-likeness (QED) is 0.281. The van der Waals surface area contributed by atoms with Crippen molar-refractivity contribution >= 4 is 17.1 Å². The number of rotatable bonds is 6. The molecule has 0 aliphatic heterocycles. The topological polar surface area (TPSA) is 169 Å². The molecule has 0 saturated heterocycles. The van der Waals surface area contributed by atoms with Gasteiger partial charge in [-0.3, -0.25) is 20.2 Å². The summed E-state index contributed by atoms with van der Waals surface area (Å²) in [5, 5.41) is 20.4. The first-order chi connectivity index (χ1) is 16.0. The zero-order valence-corrected chi connectivity index (χ0v) is 19.0. The van der Waals surface area contributed by atoms with Crippen molar-refractivity contribution in [3.63, 3.8) is 0 Å². The van der Waals surface area contributed by atoms with Gasteiger partial charge < -0.3 is 15.2 Å². The lowest BCUT2D eigenvalue weighted by Gasteiger charge is -2.09. The lowest BCUT2D eigenvalue weighted by Crippen LogP contribution is -2.08. The first-order valence-electron chi connectivity index (χ1n) is 9.91. The van der Waals surface area contributed by atoms with E-state index in [0.29, 0.717) is 11.6 Å². The summed E-state index contributed by atoms with van der Waals surface area (Å²) in [7, 11) is 0. The van der Waals surface area contributed by atoms with Crippen molar-refractivity contribution in [2.75, 3.05) is 5.73 Å². The van der Waals surface area contributed by atoms with Gasteiger partial charge in [0.05, 0.1) is 27.7 Å². The summed E-state index contributed by atoms with van der Waals surface area (Å²) >= 11 is 0. The number of hydrogen-bond donors (Lipinski definition) is 1. The predicted molar refractivity (Wildman–Crippen MR) is 129 cm³/mol. The summed E-state index contributed by atoms with van der Waals surface area (Å²) in [6.07, 6.45) is 4.28. The maximum Gasteiger partial charge on any atom is 0.330 e. The largest absolute Gasteiger partial charge is 0.473 e. The predicted octanol–water partition coefficient (Wildman–Crippen LogP) is 4.99. The second kappa shape index (κ2) is 15.4. The van der Waals surface area contributed by atoms with Gasteiger partial charge in [0.2, 0.25) is 5.88 Å². The lowest BCUT2D eigenvalue weighted by molar-refractivity contribution is -0.388. The smallest absolute Gasteiger partial charge is 0.330 e. The number of hydrogen-bond acceptors (Lipinski definition) is 10. The van der Waals surface area contributed by atoms with Crippen LogP contribution in [0.1, 0.15) is 35.1 Å². The Labute approximate surface area is 202 Å². The Hall–Kier alpha value is -4.42. The van der Waals surface area contributed by atoms with Crippen molar-refractivity contribution in [1.29, 1.82) is 0 Å². The Morgan fingerprint density at radius 3 is 1.66 bits per heavy atom. The molecule has 0 amide bonds. The number of pyridine rings is 3. The van der Waals surface area contributed by atoms with Gasteiger partial charge in [-0.15, -0.1) is 0 Å². The van der Waals surface area contributed by atoms with E-state index in [4.69, 9.17) is 15.2 Å². The molecule has 0 spiro atoms. The van der Waals surface area contributed by atoms with Crippen LogP contribution in [0.2, 0.25) is 0 Å². The van der Waals surface area contributed by atoms with Crippen molar-refractivity contribution in [2.45, 2.75) is 47.3 Å². The number of nitrogens with zero attached hydrogens (tertiary/aromatic N) is 5. The summed E-state index contributed by atoms with van der Waals surface area (Å²) in [6.45, 7) is 7.46. The number of anilines is 1. The van der Waals surface area contributed by atoms with Crippen molar-refractivity contribution in [3.8, 4) is 11.8 Å². The zero-order chi connectivity index (χ0) is 25.7. The van der Waals surface area contributed by atoms with Crippen LogP contribution in [-0.4, -0.2) is 37.0 Å². The van der Waals surface area contributed by atoms with E-state index in [1.54, 1.807) is 32.2 Å². The molecule has 13 heteroatoms. The van der Waals surface area contributed by atoms with Crippen molar-refractivity contribution in [3.05, 3.63) is 81.2 Å². The van der Waals surface area contributed by atoms with Gasteiger partial charge >= 0.3 is 11.4 Å². The molecule has 0 aromatic carbocycles. The molecule has 3 aromatic heterocycles. The molecule has 0 bridgehead atoms. The number of aromatic nitrogens is 3. The van der Waals surface area contributed by atoms with Crippen LogP contribution in [0.5, 0.6) is 11.8 Å². The minimum absolute atomic E-state index is 0. The molecular weight excluding hydrogens is 463 g/mol. The van der Waals surface area contributed by atoms with E-state index in [0.717, 1.165) is 12.3 Å². The number of nitrogen functional groups attached to an aromatic ring is 1. The number of ether oxygens (including phenoxy) is 2. The third kappa shape index (κ3) is 11.3. The van der Waals surface area contributed by atoms with Crippen LogP contribution >= 0.6 is 0 Å². The van der Waals surface area contributed by atoms with E-state index in [9.17, 15) is 24.6 Å². The summed E-state index contributed by atoms with van der Waals surface area (Å²) in [5.41, 5.74) is 5.47. The third-order valence-corrected chi connectivity index (χ3v) is 3.38. The Balaban J connectivity index is 0.000000493. The maximum atomic E-state index is 12.3. The highest BCUT2D eigenvalue weighted by Crippen LogP contribution is 2.23. The fraction of sp³-hybridized carbons (Fsp3) is 0.318. The molecule has 0 atom stereocenters. The number of nitro groups is 2. The van der Waals surface area contributed by atoms with Gasteiger partial charge in [0.25, 0.3) is 11.8 Å². The Morgan fingerprint density at radius 2 is 1.23 bits per heavy atom. The molecule has 12 nitrogen and oxygen atoms in total. The van der Waals surface area contributed by atoms with E-state index >= 15 is 0 Å². The molecule has 0 unspecified atom stereocenters. The first-order valence-corrected chi connectivity index (χ1v) is 9.91. The van der Waals surface area contributed by atoms with E-state index in [1.165, 1.54) is 24.4 Å². The Bertz CT molecular complexity index is 1080.